The summed E-state index contributed by atoms with van der Waals surface area (Å²) in [6.07, 6.45) is 0.978. The summed E-state index contributed by atoms with van der Waals surface area (Å²) >= 11 is 0. The number of nitrogens with one attached hydrogen (secondary N) is 1. The number of carbonyl (C=O) groups is 1. The molecule has 1 aliphatic rings. The van der Waals surface area contributed by atoms with Gasteiger partial charge in [-0.15, -0.1) is 0 Å². The van der Waals surface area contributed by atoms with E-state index in [4.69, 9.17) is 0 Å². The lowest BCUT2D eigenvalue weighted by Gasteiger charge is -2.41. The van der Waals surface area contributed by atoms with E-state index in [9.17, 15) is 18.3 Å². The number of aliphatic hydroxyl groups is 1. The highest BCUT2D eigenvalue weighted by Gasteiger charge is 2.30. The van der Waals surface area contributed by atoms with Crippen LogP contribution in [0.4, 0.5) is 5.69 Å². The van der Waals surface area contributed by atoms with E-state index in [2.05, 4.69) is 16.5 Å². The van der Waals surface area contributed by atoms with Crippen molar-refractivity contribution in [3.8, 4) is 0 Å². The second kappa shape index (κ2) is 9.52. The third-order valence-corrected chi connectivity index (χ3v) is 6.23. The van der Waals surface area contributed by atoms with Crippen LogP contribution in [0.1, 0.15) is 44.0 Å². The highest BCUT2D eigenvalue weighted by atomic mass is 32.2. The second-order valence-electron chi connectivity index (χ2n) is 7.12. The Morgan fingerprint density at radius 1 is 1.30 bits per heavy atom. The first-order chi connectivity index (χ1) is 12.8. The number of piperazine rings is 1. The molecule has 1 aliphatic heterocycles. The SMILES string of the molecule is CCCS(=O)(=O)Nc1ccccc1C(=O)N1CCN(C[C@@H](C)O)[C@H](CC)C1. The molecule has 0 aromatic heterocycles. The quantitative estimate of drug-likeness (QED) is 0.698. The van der Waals surface area contributed by atoms with Crippen LogP contribution in [-0.4, -0.2) is 73.3 Å². The first kappa shape index (κ1) is 21.7. The molecule has 2 rings (SSSR count). The van der Waals surface area contributed by atoms with Gasteiger partial charge >= 0.3 is 0 Å². The summed E-state index contributed by atoms with van der Waals surface area (Å²) in [5.74, 6) is -0.147. The number of β-amino-alcohol motifs (C(OH)–C–C–N with tert-alkyl or cyclic N) is 1. The van der Waals surface area contributed by atoms with Crippen LogP contribution in [0.2, 0.25) is 0 Å². The van der Waals surface area contributed by atoms with Crippen LogP contribution in [-0.2, 0) is 10.0 Å². The van der Waals surface area contributed by atoms with Gasteiger partial charge in [0, 0.05) is 32.2 Å². The Kier molecular flexibility index (Phi) is 7.64. The predicted molar refractivity (Wildman–Crippen MR) is 107 cm³/mol. The molecule has 1 aromatic rings. The van der Waals surface area contributed by atoms with Gasteiger partial charge in [0.25, 0.3) is 5.91 Å². The maximum absolute atomic E-state index is 13.1. The zero-order chi connectivity index (χ0) is 20.0. The lowest BCUT2D eigenvalue weighted by atomic mass is 10.1. The zero-order valence-electron chi connectivity index (χ0n) is 16.4. The Morgan fingerprint density at radius 2 is 2.00 bits per heavy atom. The molecule has 2 atom stereocenters. The van der Waals surface area contributed by atoms with E-state index in [-0.39, 0.29) is 17.7 Å². The van der Waals surface area contributed by atoms with Gasteiger partial charge in [0.1, 0.15) is 0 Å². The first-order valence-corrected chi connectivity index (χ1v) is 11.2. The Labute approximate surface area is 162 Å². The van der Waals surface area contributed by atoms with Crippen molar-refractivity contribution in [3.63, 3.8) is 0 Å². The molecule has 8 heteroatoms. The van der Waals surface area contributed by atoms with Crippen LogP contribution in [0.5, 0.6) is 0 Å². The highest BCUT2D eigenvalue weighted by Crippen LogP contribution is 2.22. The molecular formula is C19H31N3O4S. The molecule has 0 saturated carbocycles. The molecule has 1 fully saturated rings. The number of hydrogen-bond acceptors (Lipinski definition) is 5. The van der Waals surface area contributed by atoms with Crippen LogP contribution in [0.25, 0.3) is 0 Å². The highest BCUT2D eigenvalue weighted by molar-refractivity contribution is 7.92. The van der Waals surface area contributed by atoms with E-state index < -0.39 is 16.1 Å². The lowest BCUT2D eigenvalue weighted by Crippen LogP contribution is -2.55. The van der Waals surface area contributed by atoms with E-state index >= 15 is 0 Å². The van der Waals surface area contributed by atoms with E-state index in [1.54, 1.807) is 43.0 Å². The third-order valence-electron chi connectivity index (χ3n) is 4.76. The monoisotopic (exact) mass is 397 g/mol. The molecular weight excluding hydrogens is 366 g/mol. The summed E-state index contributed by atoms with van der Waals surface area (Å²) in [4.78, 5) is 17.1. The van der Waals surface area contributed by atoms with Crippen molar-refractivity contribution in [1.82, 2.24) is 9.80 Å². The van der Waals surface area contributed by atoms with Gasteiger partial charge in [-0.3, -0.25) is 14.4 Å². The number of anilines is 1. The van der Waals surface area contributed by atoms with Crippen LogP contribution in [0.15, 0.2) is 24.3 Å². The largest absolute Gasteiger partial charge is 0.392 e. The van der Waals surface area contributed by atoms with Gasteiger partial charge in [0.05, 0.1) is 23.1 Å². The van der Waals surface area contributed by atoms with E-state index in [0.717, 1.165) is 6.42 Å². The average Bonchev–Trinajstić information content (AvgIpc) is 2.61. The maximum Gasteiger partial charge on any atom is 0.256 e. The van der Waals surface area contributed by atoms with E-state index in [0.29, 0.717) is 43.9 Å². The van der Waals surface area contributed by atoms with Gasteiger partial charge in [-0.2, -0.15) is 0 Å². The van der Waals surface area contributed by atoms with Crippen LogP contribution >= 0.6 is 0 Å². The Bertz CT molecular complexity index is 736. The van der Waals surface area contributed by atoms with Crippen LogP contribution in [0, 0.1) is 0 Å². The van der Waals surface area contributed by atoms with E-state index in [1.165, 1.54) is 0 Å². The van der Waals surface area contributed by atoms with Crippen molar-refractivity contribution in [2.24, 2.45) is 0 Å². The molecule has 2 N–H and O–H groups in total. The topological polar surface area (TPSA) is 90.0 Å². The molecule has 0 spiro atoms. The number of nitrogens with zero attached hydrogens (tertiary/aromatic N) is 2. The summed E-state index contributed by atoms with van der Waals surface area (Å²) in [6.45, 7) is 8.04. The molecule has 0 unspecified atom stereocenters. The lowest BCUT2D eigenvalue weighted by molar-refractivity contribution is 0.0310. The molecule has 0 aliphatic carbocycles. The van der Waals surface area contributed by atoms with Crippen LogP contribution in [0.3, 0.4) is 0 Å². The number of aliphatic hydroxyl groups excluding tert-OH is 1. The smallest absolute Gasteiger partial charge is 0.256 e. The van der Waals surface area contributed by atoms with Crippen molar-refractivity contribution in [2.75, 3.05) is 36.7 Å². The van der Waals surface area contributed by atoms with Crippen molar-refractivity contribution >= 4 is 21.6 Å². The number of para-hydroxylation sites is 1. The van der Waals surface area contributed by atoms with E-state index in [1.807, 2.05) is 0 Å². The number of sulfonamides is 1. The minimum atomic E-state index is -3.47. The molecule has 152 valence electrons. The second-order valence-corrected chi connectivity index (χ2v) is 8.97. The fraction of sp³-hybridized carbons (Fsp3) is 0.632. The molecule has 0 radical (unpaired) electrons. The standard InChI is InChI=1S/C19H31N3O4S/c1-4-12-27(25,26)20-18-9-7-6-8-17(18)19(24)22-11-10-21(13-15(3)23)16(5-2)14-22/h6-9,15-16,20,23H,4-5,10-14H2,1-3H3/t15-,16-/m1/s1. The molecule has 0 bridgehead atoms. The minimum Gasteiger partial charge on any atom is -0.392 e. The Morgan fingerprint density at radius 3 is 2.63 bits per heavy atom. The van der Waals surface area contributed by atoms with Gasteiger partial charge in [-0.05, 0) is 31.9 Å². The number of carbonyl (C=O) groups excluding carboxylic acids is 1. The molecule has 1 aromatic carbocycles. The predicted octanol–water partition coefficient (Wildman–Crippen LogP) is 1.76. The molecule has 1 amide bonds. The van der Waals surface area contributed by atoms with Crippen molar-refractivity contribution in [2.45, 2.75) is 45.8 Å². The summed E-state index contributed by atoms with van der Waals surface area (Å²) in [5, 5.41) is 9.67. The van der Waals surface area contributed by atoms with Gasteiger partial charge < -0.3 is 10.0 Å². The summed E-state index contributed by atoms with van der Waals surface area (Å²) in [6, 6.07) is 6.93. The minimum absolute atomic E-state index is 0.0193. The number of rotatable bonds is 8. The summed E-state index contributed by atoms with van der Waals surface area (Å²) in [7, 11) is -3.47. The van der Waals surface area contributed by atoms with Gasteiger partial charge in [-0.25, -0.2) is 8.42 Å². The molecule has 1 heterocycles. The van der Waals surface area contributed by atoms with Crippen molar-refractivity contribution in [3.05, 3.63) is 29.8 Å². The van der Waals surface area contributed by atoms with Crippen molar-refractivity contribution in [1.29, 1.82) is 0 Å². The summed E-state index contributed by atoms with van der Waals surface area (Å²) in [5.41, 5.74) is 0.700. The van der Waals surface area contributed by atoms with Gasteiger partial charge in [0.15, 0.2) is 0 Å². The number of hydrogen-bond donors (Lipinski definition) is 2. The first-order valence-electron chi connectivity index (χ1n) is 9.58. The molecule has 1 saturated heterocycles. The van der Waals surface area contributed by atoms with Crippen molar-refractivity contribution < 1.29 is 18.3 Å². The number of benzene rings is 1. The Balaban J connectivity index is 2.16. The fourth-order valence-electron chi connectivity index (χ4n) is 3.46. The van der Waals surface area contributed by atoms with Crippen LogP contribution < -0.4 is 4.72 Å². The third kappa shape index (κ3) is 5.92. The summed E-state index contributed by atoms with van der Waals surface area (Å²) < 4.78 is 26.8. The maximum atomic E-state index is 13.1. The molecule has 27 heavy (non-hydrogen) atoms. The normalized spacial score (nSPS) is 19.7. The average molecular weight is 398 g/mol. The van der Waals surface area contributed by atoms with Gasteiger partial charge in [0.2, 0.25) is 10.0 Å². The zero-order valence-corrected chi connectivity index (χ0v) is 17.2. The van der Waals surface area contributed by atoms with Gasteiger partial charge in [-0.1, -0.05) is 26.0 Å². The fourth-order valence-corrected chi connectivity index (χ4v) is 4.61. The Hall–Kier alpha value is -1.64. The number of amides is 1. The molecule has 7 nitrogen and oxygen atoms in total.